The van der Waals surface area contributed by atoms with Crippen LogP contribution in [0.1, 0.15) is 30.6 Å². The molecule has 1 rings (SSSR count). The van der Waals surface area contributed by atoms with Crippen molar-refractivity contribution < 1.29 is 18.3 Å². The number of nitrogens with one attached hydrogen (secondary N) is 1. The molecule has 0 bridgehead atoms. The zero-order valence-electron chi connectivity index (χ0n) is 9.67. The number of hydrogen-bond acceptors (Lipinski definition) is 3. The molecule has 1 atom stereocenters. The van der Waals surface area contributed by atoms with Crippen molar-refractivity contribution in [3.8, 4) is 0 Å². The number of rotatable bonds is 5. The number of carboxylic acids is 1. The van der Waals surface area contributed by atoms with Crippen LogP contribution < -0.4 is 4.72 Å². The third kappa shape index (κ3) is 3.54. The molecule has 0 radical (unpaired) electrons. The average Bonchev–Trinajstić information content (AvgIpc) is 2.28. The van der Waals surface area contributed by atoms with E-state index in [4.69, 9.17) is 5.11 Å². The maximum atomic E-state index is 11.8. The molecule has 5 nitrogen and oxygen atoms in total. The third-order valence-corrected chi connectivity index (χ3v) is 3.99. The molecule has 6 heteroatoms. The van der Waals surface area contributed by atoms with Gasteiger partial charge in [0.05, 0.1) is 10.5 Å². The summed E-state index contributed by atoms with van der Waals surface area (Å²) in [4.78, 5) is 10.7. The molecule has 94 valence electrons. The van der Waals surface area contributed by atoms with Crippen LogP contribution in [0.4, 0.5) is 0 Å². The van der Waals surface area contributed by atoms with Crippen molar-refractivity contribution in [3.63, 3.8) is 0 Å². The molecule has 0 amide bonds. The van der Waals surface area contributed by atoms with E-state index in [2.05, 4.69) is 4.72 Å². The molecule has 0 heterocycles. The molecule has 2 N–H and O–H groups in total. The second-order valence-corrected chi connectivity index (χ2v) is 5.47. The summed E-state index contributed by atoms with van der Waals surface area (Å²) in [6, 6.07) is 4.96. The van der Waals surface area contributed by atoms with Gasteiger partial charge in [-0.15, -0.1) is 0 Å². The molecule has 0 saturated carbocycles. The highest BCUT2D eigenvalue weighted by molar-refractivity contribution is 7.89. The summed E-state index contributed by atoms with van der Waals surface area (Å²) in [5.41, 5.74) is 0.0625. The summed E-state index contributed by atoms with van der Waals surface area (Å²) in [5.74, 6) is -1.08. The van der Waals surface area contributed by atoms with Gasteiger partial charge in [-0.2, -0.15) is 0 Å². The van der Waals surface area contributed by atoms with Gasteiger partial charge in [0.15, 0.2) is 0 Å². The number of carboxylic acid groups (broad SMARTS) is 1. The Morgan fingerprint density at radius 3 is 2.29 bits per heavy atom. The minimum absolute atomic E-state index is 0.0625. The molecule has 1 aromatic rings. The van der Waals surface area contributed by atoms with E-state index in [1.807, 2.05) is 6.92 Å². The van der Waals surface area contributed by atoms with Crippen molar-refractivity contribution in [1.29, 1.82) is 0 Å². The second kappa shape index (κ2) is 5.29. The van der Waals surface area contributed by atoms with E-state index in [-0.39, 0.29) is 16.5 Å². The molecule has 0 unspecified atom stereocenters. The van der Waals surface area contributed by atoms with Crippen LogP contribution in [0, 0.1) is 0 Å². The average molecular weight is 257 g/mol. The Morgan fingerprint density at radius 2 is 1.88 bits per heavy atom. The molecule has 0 saturated heterocycles. The number of benzene rings is 1. The topological polar surface area (TPSA) is 83.5 Å². The Balaban J connectivity index is 2.96. The number of aromatic carboxylic acids is 1. The smallest absolute Gasteiger partial charge is 0.335 e. The van der Waals surface area contributed by atoms with E-state index in [9.17, 15) is 13.2 Å². The maximum absolute atomic E-state index is 11.8. The summed E-state index contributed by atoms with van der Waals surface area (Å²) >= 11 is 0. The fourth-order valence-electron chi connectivity index (χ4n) is 1.19. The first kappa shape index (κ1) is 13.7. The van der Waals surface area contributed by atoms with Gasteiger partial charge in [-0.05, 0) is 37.6 Å². The van der Waals surface area contributed by atoms with Crippen molar-refractivity contribution in [2.45, 2.75) is 31.2 Å². The number of carbonyl (C=O) groups is 1. The van der Waals surface area contributed by atoms with Gasteiger partial charge in [-0.3, -0.25) is 0 Å². The quantitative estimate of drug-likeness (QED) is 0.836. The Labute approximate surface area is 101 Å². The van der Waals surface area contributed by atoms with Gasteiger partial charge in [-0.25, -0.2) is 17.9 Å². The molecule has 1 aromatic carbocycles. The maximum Gasteiger partial charge on any atom is 0.335 e. The van der Waals surface area contributed by atoms with Crippen molar-refractivity contribution in [2.24, 2.45) is 0 Å². The first-order valence-electron chi connectivity index (χ1n) is 5.22. The normalized spacial score (nSPS) is 13.3. The van der Waals surface area contributed by atoms with Gasteiger partial charge in [0, 0.05) is 6.04 Å². The lowest BCUT2D eigenvalue weighted by atomic mass is 10.2. The van der Waals surface area contributed by atoms with Crippen LogP contribution >= 0.6 is 0 Å². The predicted octanol–water partition coefficient (Wildman–Crippen LogP) is 1.46. The minimum Gasteiger partial charge on any atom is -0.478 e. The van der Waals surface area contributed by atoms with Crippen LogP contribution in [-0.4, -0.2) is 25.5 Å². The lowest BCUT2D eigenvalue weighted by Gasteiger charge is -2.11. The largest absolute Gasteiger partial charge is 0.478 e. The monoisotopic (exact) mass is 257 g/mol. The Bertz CT molecular complexity index is 493. The second-order valence-electron chi connectivity index (χ2n) is 3.76. The first-order chi connectivity index (χ1) is 7.86. The van der Waals surface area contributed by atoms with E-state index in [1.54, 1.807) is 6.92 Å². The van der Waals surface area contributed by atoms with E-state index in [0.717, 1.165) is 0 Å². The molecule has 0 fully saturated rings. The lowest BCUT2D eigenvalue weighted by Crippen LogP contribution is -2.31. The van der Waals surface area contributed by atoms with Crippen molar-refractivity contribution >= 4 is 16.0 Å². The van der Waals surface area contributed by atoms with Crippen LogP contribution in [0.25, 0.3) is 0 Å². The van der Waals surface area contributed by atoms with Crippen LogP contribution in [0.2, 0.25) is 0 Å². The van der Waals surface area contributed by atoms with Gasteiger partial charge in [-0.1, -0.05) is 6.92 Å². The van der Waals surface area contributed by atoms with Crippen molar-refractivity contribution in [1.82, 2.24) is 4.72 Å². The first-order valence-corrected chi connectivity index (χ1v) is 6.71. The van der Waals surface area contributed by atoms with E-state index < -0.39 is 16.0 Å². The van der Waals surface area contributed by atoms with E-state index >= 15 is 0 Å². The molecule has 0 aromatic heterocycles. The van der Waals surface area contributed by atoms with Gasteiger partial charge < -0.3 is 5.11 Å². The highest BCUT2D eigenvalue weighted by Gasteiger charge is 2.16. The summed E-state index contributed by atoms with van der Waals surface area (Å²) in [7, 11) is -3.56. The van der Waals surface area contributed by atoms with Crippen LogP contribution in [0.3, 0.4) is 0 Å². The van der Waals surface area contributed by atoms with Gasteiger partial charge >= 0.3 is 5.97 Å². The molecule has 0 aliphatic heterocycles. The Morgan fingerprint density at radius 1 is 1.35 bits per heavy atom. The van der Waals surface area contributed by atoms with Crippen molar-refractivity contribution in [3.05, 3.63) is 29.8 Å². The standard InChI is InChI=1S/C11H15NO4S/c1-3-8(2)12-17(15,16)10-6-4-9(5-7-10)11(13)14/h4-8,12H,3H2,1-2H3,(H,13,14)/t8-/m1/s1. The molecule has 0 aliphatic carbocycles. The van der Waals surface area contributed by atoms with E-state index in [1.165, 1.54) is 24.3 Å². The number of sulfonamides is 1. The Kier molecular flexibility index (Phi) is 4.25. The third-order valence-electron chi connectivity index (χ3n) is 2.38. The zero-order valence-corrected chi connectivity index (χ0v) is 10.5. The summed E-state index contributed by atoms with van der Waals surface area (Å²) in [6.07, 6.45) is 0.687. The van der Waals surface area contributed by atoms with Gasteiger partial charge in [0.2, 0.25) is 10.0 Å². The molecular formula is C11H15NO4S. The summed E-state index contributed by atoms with van der Waals surface area (Å²) in [6.45, 7) is 3.64. The summed E-state index contributed by atoms with van der Waals surface area (Å²) in [5, 5.41) is 8.70. The molecular weight excluding hydrogens is 242 g/mol. The SMILES string of the molecule is CC[C@@H](C)NS(=O)(=O)c1ccc(C(=O)O)cc1. The highest BCUT2D eigenvalue weighted by Crippen LogP contribution is 2.11. The van der Waals surface area contributed by atoms with Crippen LogP contribution in [0.15, 0.2) is 29.2 Å². The highest BCUT2D eigenvalue weighted by atomic mass is 32.2. The van der Waals surface area contributed by atoms with Crippen molar-refractivity contribution in [2.75, 3.05) is 0 Å². The summed E-state index contributed by atoms with van der Waals surface area (Å²) < 4.78 is 26.1. The zero-order chi connectivity index (χ0) is 13.1. The molecule has 0 aliphatic rings. The minimum atomic E-state index is -3.56. The molecule has 0 spiro atoms. The Hall–Kier alpha value is -1.40. The van der Waals surface area contributed by atoms with E-state index in [0.29, 0.717) is 6.42 Å². The van der Waals surface area contributed by atoms with Crippen LogP contribution in [-0.2, 0) is 10.0 Å². The fourth-order valence-corrected chi connectivity index (χ4v) is 2.52. The van der Waals surface area contributed by atoms with Gasteiger partial charge in [0.25, 0.3) is 0 Å². The fraction of sp³-hybridized carbons (Fsp3) is 0.364. The predicted molar refractivity (Wildman–Crippen MR) is 63.5 cm³/mol. The number of hydrogen-bond donors (Lipinski definition) is 2. The van der Waals surface area contributed by atoms with Crippen LogP contribution in [0.5, 0.6) is 0 Å². The van der Waals surface area contributed by atoms with Gasteiger partial charge in [0.1, 0.15) is 0 Å². The molecule has 17 heavy (non-hydrogen) atoms. The lowest BCUT2D eigenvalue weighted by molar-refractivity contribution is 0.0696.